The largest absolute Gasteiger partial charge is 0.493 e. The molecule has 1 aromatic heterocycles. The third kappa shape index (κ3) is 5.44. The Morgan fingerprint density at radius 1 is 1.38 bits per heavy atom. The molecule has 3 rings (SSSR count). The van der Waals surface area contributed by atoms with E-state index in [4.69, 9.17) is 21.1 Å². The molecule has 0 amide bonds. The second kappa shape index (κ2) is 9.21. The lowest BCUT2D eigenvalue weighted by molar-refractivity contribution is -0.137. The van der Waals surface area contributed by atoms with Crippen molar-refractivity contribution in [1.29, 1.82) is 0 Å². The number of alkyl halides is 3. The zero-order valence-electron chi connectivity index (χ0n) is 15.6. The number of rotatable bonds is 5. The van der Waals surface area contributed by atoms with Gasteiger partial charge in [-0.15, -0.1) is 0 Å². The first-order valence-corrected chi connectivity index (χ1v) is 9.30. The Hall–Kier alpha value is -2.68. The summed E-state index contributed by atoms with van der Waals surface area (Å²) in [6.07, 6.45) is -3.02. The van der Waals surface area contributed by atoms with Gasteiger partial charge in [-0.3, -0.25) is 4.99 Å². The van der Waals surface area contributed by atoms with Crippen molar-refractivity contribution in [1.82, 2.24) is 15.6 Å². The number of nitrogens with one attached hydrogen (secondary N) is 2. The van der Waals surface area contributed by atoms with Crippen LogP contribution in [0.3, 0.4) is 0 Å². The number of pyridine rings is 1. The van der Waals surface area contributed by atoms with Crippen molar-refractivity contribution in [3.63, 3.8) is 0 Å². The molecule has 0 bridgehead atoms. The SMILES string of the molecule is CN=C(NCCOc1ncc(C(F)(F)F)cc1Cl)NC1CCOc2ccccc21. The van der Waals surface area contributed by atoms with Crippen LogP contribution in [0.4, 0.5) is 13.2 Å². The second-order valence-corrected chi connectivity index (χ2v) is 6.64. The molecular weight excluding hydrogens is 409 g/mol. The topological polar surface area (TPSA) is 67.8 Å². The fourth-order valence-corrected chi connectivity index (χ4v) is 3.08. The normalized spacial score (nSPS) is 16.6. The summed E-state index contributed by atoms with van der Waals surface area (Å²) in [7, 11) is 1.65. The molecule has 2 N–H and O–H groups in total. The standard InChI is InChI=1S/C19H20ClF3N4O2/c1-24-18(27-15-6-8-28-16-5-3-2-4-13(15)16)25-7-9-29-17-14(20)10-12(11-26-17)19(21,22)23/h2-5,10-11,15H,6-9H2,1H3,(H2,24,25,27). The Morgan fingerprint density at radius 2 is 2.17 bits per heavy atom. The predicted molar refractivity (Wildman–Crippen MR) is 104 cm³/mol. The molecule has 0 fully saturated rings. The highest BCUT2D eigenvalue weighted by Gasteiger charge is 2.31. The summed E-state index contributed by atoms with van der Waals surface area (Å²) in [5.41, 5.74) is 0.132. The lowest BCUT2D eigenvalue weighted by atomic mass is 10.0. The molecule has 2 heterocycles. The average Bonchev–Trinajstić information content (AvgIpc) is 2.70. The number of hydrogen-bond donors (Lipinski definition) is 2. The first-order chi connectivity index (χ1) is 13.9. The monoisotopic (exact) mass is 428 g/mol. The molecule has 6 nitrogen and oxygen atoms in total. The molecule has 1 aliphatic heterocycles. The van der Waals surface area contributed by atoms with Gasteiger partial charge in [0, 0.05) is 25.2 Å². The molecule has 10 heteroatoms. The van der Waals surface area contributed by atoms with Crippen LogP contribution in [0.1, 0.15) is 23.6 Å². The first-order valence-electron chi connectivity index (χ1n) is 8.93. The van der Waals surface area contributed by atoms with Gasteiger partial charge in [-0.2, -0.15) is 13.2 Å². The van der Waals surface area contributed by atoms with E-state index < -0.39 is 11.7 Å². The summed E-state index contributed by atoms with van der Waals surface area (Å²) in [5.74, 6) is 1.36. The number of hydrogen-bond acceptors (Lipinski definition) is 4. The van der Waals surface area contributed by atoms with Crippen LogP contribution in [-0.2, 0) is 6.18 Å². The molecule has 1 aromatic carbocycles. The van der Waals surface area contributed by atoms with Crippen molar-refractivity contribution < 1.29 is 22.6 Å². The van der Waals surface area contributed by atoms with Crippen molar-refractivity contribution >= 4 is 17.6 Å². The summed E-state index contributed by atoms with van der Waals surface area (Å²) in [6.45, 7) is 1.10. The minimum atomic E-state index is -4.50. The third-order valence-electron chi connectivity index (χ3n) is 4.26. The highest BCUT2D eigenvalue weighted by atomic mass is 35.5. The molecule has 0 aliphatic carbocycles. The number of para-hydroxylation sites is 1. The molecule has 29 heavy (non-hydrogen) atoms. The Bertz CT molecular complexity index is 877. The number of halogens is 4. The van der Waals surface area contributed by atoms with E-state index in [-0.39, 0.29) is 23.6 Å². The Labute approximate surface area is 171 Å². The van der Waals surface area contributed by atoms with Crippen LogP contribution < -0.4 is 20.1 Å². The molecule has 2 aromatic rings. The van der Waals surface area contributed by atoms with Gasteiger partial charge in [0.2, 0.25) is 5.88 Å². The maximum Gasteiger partial charge on any atom is 0.417 e. The number of ether oxygens (including phenoxy) is 2. The molecule has 0 saturated carbocycles. The van der Waals surface area contributed by atoms with E-state index in [0.29, 0.717) is 25.3 Å². The maximum atomic E-state index is 12.6. The minimum absolute atomic E-state index is 0.0530. The molecule has 0 radical (unpaired) electrons. The van der Waals surface area contributed by atoms with Gasteiger partial charge in [-0.1, -0.05) is 29.8 Å². The zero-order chi connectivity index (χ0) is 20.9. The average molecular weight is 429 g/mol. The van der Waals surface area contributed by atoms with Gasteiger partial charge in [0.05, 0.1) is 24.8 Å². The number of benzene rings is 1. The van der Waals surface area contributed by atoms with Gasteiger partial charge in [0.1, 0.15) is 17.4 Å². The molecule has 0 saturated heterocycles. The lowest BCUT2D eigenvalue weighted by Crippen LogP contribution is -2.42. The molecular formula is C19H20ClF3N4O2. The number of guanidine groups is 1. The summed E-state index contributed by atoms with van der Waals surface area (Å²) < 4.78 is 48.9. The van der Waals surface area contributed by atoms with Crippen LogP contribution >= 0.6 is 11.6 Å². The van der Waals surface area contributed by atoms with Crippen molar-refractivity contribution in [3.8, 4) is 11.6 Å². The van der Waals surface area contributed by atoms with Crippen molar-refractivity contribution in [3.05, 3.63) is 52.7 Å². The summed E-state index contributed by atoms with van der Waals surface area (Å²) in [5, 5.41) is 6.23. The minimum Gasteiger partial charge on any atom is -0.493 e. The highest BCUT2D eigenvalue weighted by Crippen LogP contribution is 2.33. The fourth-order valence-electron chi connectivity index (χ4n) is 2.86. The predicted octanol–water partition coefficient (Wildman–Crippen LogP) is 3.82. The van der Waals surface area contributed by atoms with Gasteiger partial charge < -0.3 is 20.1 Å². The Kier molecular flexibility index (Phi) is 6.68. The lowest BCUT2D eigenvalue weighted by Gasteiger charge is -2.28. The van der Waals surface area contributed by atoms with Crippen LogP contribution in [-0.4, -0.2) is 37.7 Å². The summed E-state index contributed by atoms with van der Waals surface area (Å²) in [6, 6.07) is 8.65. The van der Waals surface area contributed by atoms with Crippen LogP contribution in [0.15, 0.2) is 41.5 Å². The molecule has 1 unspecified atom stereocenters. The van der Waals surface area contributed by atoms with Crippen molar-refractivity contribution in [2.75, 3.05) is 26.8 Å². The third-order valence-corrected chi connectivity index (χ3v) is 4.53. The van der Waals surface area contributed by atoms with E-state index in [1.165, 1.54) is 0 Å². The fraction of sp³-hybridized carbons (Fsp3) is 0.368. The summed E-state index contributed by atoms with van der Waals surface area (Å²) in [4.78, 5) is 7.83. The smallest absolute Gasteiger partial charge is 0.417 e. The van der Waals surface area contributed by atoms with E-state index >= 15 is 0 Å². The van der Waals surface area contributed by atoms with Gasteiger partial charge in [-0.25, -0.2) is 4.98 Å². The Balaban J connectivity index is 1.50. The van der Waals surface area contributed by atoms with Crippen LogP contribution in [0.2, 0.25) is 5.02 Å². The number of fused-ring (bicyclic) bond motifs is 1. The van der Waals surface area contributed by atoms with Gasteiger partial charge in [-0.05, 0) is 12.1 Å². The van der Waals surface area contributed by atoms with Crippen LogP contribution in [0.5, 0.6) is 11.6 Å². The van der Waals surface area contributed by atoms with Crippen LogP contribution in [0, 0.1) is 0 Å². The van der Waals surface area contributed by atoms with Crippen LogP contribution in [0.25, 0.3) is 0 Å². The quantitative estimate of drug-likeness (QED) is 0.430. The first kappa shape index (κ1) is 21.0. The van der Waals surface area contributed by atoms with E-state index in [0.717, 1.165) is 23.8 Å². The van der Waals surface area contributed by atoms with Crippen molar-refractivity contribution in [2.24, 2.45) is 4.99 Å². The molecule has 1 aliphatic rings. The zero-order valence-corrected chi connectivity index (χ0v) is 16.3. The maximum absolute atomic E-state index is 12.6. The molecule has 156 valence electrons. The molecule has 0 spiro atoms. The van der Waals surface area contributed by atoms with E-state index in [2.05, 4.69) is 20.6 Å². The second-order valence-electron chi connectivity index (χ2n) is 6.23. The Morgan fingerprint density at radius 3 is 2.90 bits per heavy atom. The van der Waals surface area contributed by atoms with E-state index in [1.54, 1.807) is 7.05 Å². The summed E-state index contributed by atoms with van der Waals surface area (Å²) >= 11 is 5.83. The highest BCUT2D eigenvalue weighted by molar-refractivity contribution is 6.31. The number of nitrogens with zero attached hydrogens (tertiary/aromatic N) is 2. The van der Waals surface area contributed by atoms with E-state index in [1.807, 2.05) is 24.3 Å². The molecule has 1 atom stereocenters. The van der Waals surface area contributed by atoms with Crippen molar-refractivity contribution in [2.45, 2.75) is 18.6 Å². The van der Waals surface area contributed by atoms with E-state index in [9.17, 15) is 13.2 Å². The number of aromatic nitrogens is 1. The van der Waals surface area contributed by atoms with Gasteiger partial charge >= 0.3 is 6.18 Å². The van der Waals surface area contributed by atoms with Gasteiger partial charge in [0.25, 0.3) is 0 Å². The van der Waals surface area contributed by atoms with Gasteiger partial charge in [0.15, 0.2) is 5.96 Å². The number of aliphatic imine (C=N–C) groups is 1.